The van der Waals surface area contributed by atoms with E-state index in [4.69, 9.17) is 0 Å². The van der Waals surface area contributed by atoms with E-state index in [1.54, 1.807) is 0 Å². The second-order valence-corrected chi connectivity index (χ2v) is 18.1. The molecule has 4 heteroatoms. The molecule has 10 rings (SSSR count). The van der Waals surface area contributed by atoms with Crippen LogP contribution in [0, 0.1) is 0 Å². The van der Waals surface area contributed by atoms with Crippen LogP contribution in [0.3, 0.4) is 0 Å². The Morgan fingerprint density at radius 1 is 0.417 bits per heavy atom. The largest absolute Gasteiger partial charge is 0.312 e. The smallest absolute Gasteiger partial charge is 0.252 e. The van der Waals surface area contributed by atoms with Gasteiger partial charge < -0.3 is 9.80 Å². The number of nitrogens with zero attached hydrogens (tertiary/aromatic N) is 2. The molecule has 0 unspecified atom stereocenters. The van der Waals surface area contributed by atoms with Gasteiger partial charge in [-0.3, -0.25) is 0 Å². The van der Waals surface area contributed by atoms with Crippen molar-refractivity contribution in [3.05, 3.63) is 164 Å². The van der Waals surface area contributed by atoms with E-state index in [0.717, 1.165) is 0 Å². The molecule has 0 amide bonds. The molecule has 0 N–H and O–H groups in total. The molecule has 7 aromatic carbocycles. The lowest BCUT2D eigenvalue weighted by Gasteiger charge is -2.49. The molecule has 2 nitrogen and oxygen atoms in total. The molecule has 3 aliphatic rings. The van der Waals surface area contributed by atoms with Gasteiger partial charge in [-0.1, -0.05) is 140 Å². The predicted octanol–water partition coefficient (Wildman–Crippen LogP) is 8.24. The van der Waals surface area contributed by atoms with Crippen LogP contribution in [0.2, 0.25) is 13.1 Å². The van der Waals surface area contributed by atoms with E-state index in [1.165, 1.54) is 83.1 Å². The fourth-order valence-corrected chi connectivity index (χ4v) is 11.6. The number of hydrogen-bond donors (Lipinski definition) is 0. The maximum Gasteiger partial charge on any atom is 0.252 e. The molecule has 0 spiro atoms. The Morgan fingerprint density at radius 3 is 1.77 bits per heavy atom. The van der Waals surface area contributed by atoms with Gasteiger partial charge in [-0.05, 0) is 85.4 Å². The monoisotopic (exact) mass is 628 g/mol. The fourth-order valence-electron chi connectivity index (χ4n) is 8.62. The highest BCUT2D eigenvalue weighted by Crippen LogP contribution is 2.46. The number of para-hydroxylation sites is 2. The SMILES string of the molecule is C[Si]1(C)c2ccccc2N2c3cccc4c3B(c3ccc(-c5ccccc5)cc3N4c3cccc(-c4ccccc4)c3)c3cccc1c32. The summed E-state index contributed by atoms with van der Waals surface area (Å²) in [7, 11) is -1.95. The van der Waals surface area contributed by atoms with E-state index in [9.17, 15) is 0 Å². The van der Waals surface area contributed by atoms with Crippen molar-refractivity contribution in [2.45, 2.75) is 13.1 Å². The second-order valence-electron chi connectivity index (χ2n) is 13.8. The van der Waals surface area contributed by atoms with Gasteiger partial charge >= 0.3 is 0 Å². The first kappa shape index (κ1) is 27.5. The third-order valence-corrected chi connectivity index (χ3v) is 14.3. The third kappa shape index (κ3) is 3.81. The molecule has 226 valence electrons. The first-order valence-corrected chi connectivity index (χ1v) is 19.9. The molecule has 7 aromatic rings. The lowest BCUT2D eigenvalue weighted by atomic mass is 9.33. The van der Waals surface area contributed by atoms with Gasteiger partial charge in [-0.2, -0.15) is 0 Å². The van der Waals surface area contributed by atoms with Crippen LogP contribution < -0.4 is 36.6 Å². The van der Waals surface area contributed by atoms with Crippen LogP contribution in [0.25, 0.3) is 22.3 Å². The normalized spacial score (nSPS) is 14.5. The lowest BCUT2D eigenvalue weighted by Crippen LogP contribution is -2.67. The highest BCUT2D eigenvalue weighted by molar-refractivity contribution is 7.05. The number of fused-ring (bicyclic) bond motifs is 6. The maximum atomic E-state index is 2.59. The topological polar surface area (TPSA) is 6.48 Å². The summed E-state index contributed by atoms with van der Waals surface area (Å²) in [4.78, 5) is 5.11. The Kier molecular flexibility index (Phi) is 5.85. The molecule has 0 fully saturated rings. The van der Waals surface area contributed by atoms with E-state index in [1.807, 2.05) is 0 Å². The van der Waals surface area contributed by atoms with E-state index in [2.05, 4.69) is 187 Å². The molecule has 0 saturated heterocycles. The van der Waals surface area contributed by atoms with E-state index in [0.29, 0.717) is 0 Å². The van der Waals surface area contributed by atoms with Gasteiger partial charge in [0.15, 0.2) is 0 Å². The summed E-state index contributed by atoms with van der Waals surface area (Å²) < 4.78 is 0. The highest BCUT2D eigenvalue weighted by Gasteiger charge is 2.48. The summed E-state index contributed by atoms with van der Waals surface area (Å²) in [6, 6.07) is 60.9. The zero-order valence-electron chi connectivity index (χ0n) is 27.1. The molecule has 0 aliphatic carbocycles. The molecular weight excluding hydrogens is 595 g/mol. The number of anilines is 6. The molecule has 48 heavy (non-hydrogen) atoms. The van der Waals surface area contributed by atoms with Crippen LogP contribution in [0.1, 0.15) is 0 Å². The van der Waals surface area contributed by atoms with Crippen LogP contribution in [0.5, 0.6) is 0 Å². The minimum Gasteiger partial charge on any atom is -0.312 e. The molecular formula is C44H33BN2Si. The van der Waals surface area contributed by atoms with Crippen molar-refractivity contribution in [3.63, 3.8) is 0 Å². The van der Waals surface area contributed by atoms with Crippen molar-refractivity contribution in [2.24, 2.45) is 0 Å². The molecule has 3 aliphatic heterocycles. The Labute approximate surface area is 283 Å². The number of hydrogen-bond acceptors (Lipinski definition) is 2. The summed E-state index contributed by atoms with van der Waals surface area (Å²) in [6.07, 6.45) is 0. The third-order valence-electron chi connectivity index (χ3n) is 10.8. The predicted molar refractivity (Wildman–Crippen MR) is 208 cm³/mol. The van der Waals surface area contributed by atoms with Crippen molar-refractivity contribution in [3.8, 4) is 22.3 Å². The summed E-state index contributed by atoms with van der Waals surface area (Å²) in [5.74, 6) is 0. The van der Waals surface area contributed by atoms with Crippen LogP contribution in [-0.4, -0.2) is 14.8 Å². The molecule has 0 bridgehead atoms. The first-order chi connectivity index (χ1) is 23.6. The summed E-state index contributed by atoms with van der Waals surface area (Å²) in [6.45, 7) is 5.17. The number of rotatable bonds is 3. The van der Waals surface area contributed by atoms with Gasteiger partial charge in [0.2, 0.25) is 0 Å². The zero-order valence-corrected chi connectivity index (χ0v) is 28.1. The molecule has 0 radical (unpaired) electrons. The van der Waals surface area contributed by atoms with Crippen LogP contribution in [-0.2, 0) is 0 Å². The van der Waals surface area contributed by atoms with Gasteiger partial charge in [0, 0.05) is 34.1 Å². The Balaban J connectivity index is 1.28. The minimum absolute atomic E-state index is 0.130. The van der Waals surface area contributed by atoms with Crippen molar-refractivity contribution in [1.29, 1.82) is 0 Å². The van der Waals surface area contributed by atoms with Gasteiger partial charge in [0.25, 0.3) is 6.71 Å². The average molecular weight is 629 g/mol. The van der Waals surface area contributed by atoms with Crippen LogP contribution in [0.4, 0.5) is 34.1 Å². The van der Waals surface area contributed by atoms with Crippen molar-refractivity contribution in [2.75, 3.05) is 9.80 Å². The van der Waals surface area contributed by atoms with E-state index < -0.39 is 8.07 Å². The Bertz CT molecular complexity index is 2400. The summed E-state index contributed by atoms with van der Waals surface area (Å²) in [5.41, 5.74) is 16.7. The summed E-state index contributed by atoms with van der Waals surface area (Å²) in [5, 5.41) is 3.03. The van der Waals surface area contributed by atoms with Gasteiger partial charge in [0.05, 0.1) is 0 Å². The zero-order chi connectivity index (χ0) is 32.0. The van der Waals surface area contributed by atoms with Crippen molar-refractivity contribution >= 4 is 75.7 Å². The van der Waals surface area contributed by atoms with Crippen molar-refractivity contribution in [1.82, 2.24) is 0 Å². The van der Waals surface area contributed by atoms with Gasteiger partial charge in [-0.25, -0.2) is 0 Å². The molecule has 0 aromatic heterocycles. The van der Waals surface area contributed by atoms with Crippen LogP contribution >= 0.6 is 0 Å². The standard InChI is InChI=1S/C44H33BN2Si/c1-48(2)41-24-10-9-21-37(41)47-39-23-13-22-38-43(39)45(36-20-12-25-42(48)44(36)47)35-27-26-33(31-16-7-4-8-17-31)29-40(35)46(38)34-19-11-18-32(28-34)30-14-5-3-6-15-30/h3-29H,1-2H3. The summed E-state index contributed by atoms with van der Waals surface area (Å²) >= 11 is 0. The highest BCUT2D eigenvalue weighted by atomic mass is 28.3. The second kappa shape index (κ2) is 10.2. The number of benzene rings is 7. The Hall–Kier alpha value is -5.58. The Morgan fingerprint density at radius 2 is 1.00 bits per heavy atom. The van der Waals surface area contributed by atoms with Gasteiger partial charge in [0.1, 0.15) is 8.07 Å². The molecule has 3 heterocycles. The van der Waals surface area contributed by atoms with E-state index >= 15 is 0 Å². The lowest BCUT2D eigenvalue weighted by molar-refractivity contribution is 1.25. The fraction of sp³-hybridized carbons (Fsp3) is 0.0455. The van der Waals surface area contributed by atoms with Crippen LogP contribution in [0.15, 0.2) is 164 Å². The first-order valence-electron chi connectivity index (χ1n) is 16.9. The van der Waals surface area contributed by atoms with Gasteiger partial charge in [-0.15, -0.1) is 0 Å². The average Bonchev–Trinajstić information content (AvgIpc) is 3.14. The van der Waals surface area contributed by atoms with Crippen molar-refractivity contribution < 1.29 is 0 Å². The molecule has 0 atom stereocenters. The minimum atomic E-state index is -1.95. The quantitative estimate of drug-likeness (QED) is 0.182. The molecule has 0 saturated carbocycles. The van der Waals surface area contributed by atoms with E-state index in [-0.39, 0.29) is 6.71 Å². The maximum absolute atomic E-state index is 2.59.